The highest BCUT2D eigenvalue weighted by Gasteiger charge is 2.30. The number of hydrogen-bond donors (Lipinski definition) is 1. The SMILES string of the molecule is CC(C)[C@](C)(C#N)NC(=O)COC(=O)c1cc([N+](=O)[O-])ccc1N1CCCC1. The van der Waals surface area contributed by atoms with Crippen molar-refractivity contribution in [1.82, 2.24) is 5.32 Å². The average Bonchev–Trinajstić information content (AvgIpc) is 3.19. The molecule has 1 aliphatic heterocycles. The molecule has 9 heteroatoms. The van der Waals surface area contributed by atoms with Crippen molar-refractivity contribution in [1.29, 1.82) is 5.26 Å². The highest BCUT2D eigenvalue weighted by Crippen LogP contribution is 2.29. The van der Waals surface area contributed by atoms with Crippen molar-refractivity contribution < 1.29 is 19.2 Å². The van der Waals surface area contributed by atoms with E-state index in [1.54, 1.807) is 20.8 Å². The number of nitrogens with one attached hydrogen (secondary N) is 1. The van der Waals surface area contributed by atoms with Crippen LogP contribution in [0.25, 0.3) is 0 Å². The van der Waals surface area contributed by atoms with Gasteiger partial charge in [0.15, 0.2) is 6.61 Å². The summed E-state index contributed by atoms with van der Waals surface area (Å²) in [7, 11) is 0. The van der Waals surface area contributed by atoms with Gasteiger partial charge in [0, 0.05) is 25.2 Å². The predicted molar refractivity (Wildman–Crippen MR) is 102 cm³/mol. The van der Waals surface area contributed by atoms with Crippen LogP contribution >= 0.6 is 0 Å². The molecule has 9 nitrogen and oxygen atoms in total. The van der Waals surface area contributed by atoms with Crippen molar-refractivity contribution in [3.8, 4) is 6.07 Å². The maximum Gasteiger partial charge on any atom is 0.341 e. The Morgan fingerprint density at radius 2 is 2.04 bits per heavy atom. The lowest BCUT2D eigenvalue weighted by molar-refractivity contribution is -0.384. The minimum atomic E-state index is -1.09. The number of nitro groups is 1. The molecule has 0 saturated carbocycles. The third kappa shape index (κ3) is 4.76. The standard InChI is InChI=1S/C19H24N4O5/c1-13(2)19(3,12-20)21-17(24)11-28-18(25)15-10-14(23(26)27)6-7-16(15)22-8-4-5-9-22/h6-7,10,13H,4-5,8-9,11H2,1-3H3,(H,21,24)/t19-/m0/s1. The second-order valence-corrected chi connectivity index (χ2v) is 7.25. The first-order valence-corrected chi connectivity index (χ1v) is 9.10. The molecule has 1 fully saturated rings. The molecular formula is C19H24N4O5. The van der Waals surface area contributed by atoms with Crippen LogP contribution in [0.1, 0.15) is 44.0 Å². The van der Waals surface area contributed by atoms with Crippen LogP contribution in [0.2, 0.25) is 0 Å². The fraction of sp³-hybridized carbons (Fsp3) is 0.526. The lowest BCUT2D eigenvalue weighted by atomic mass is 9.90. The third-order valence-corrected chi connectivity index (χ3v) is 4.98. The number of benzene rings is 1. The van der Waals surface area contributed by atoms with Crippen LogP contribution in [-0.2, 0) is 9.53 Å². The van der Waals surface area contributed by atoms with E-state index in [4.69, 9.17) is 4.74 Å². The lowest BCUT2D eigenvalue weighted by Crippen LogP contribution is -2.50. The van der Waals surface area contributed by atoms with Crippen molar-refractivity contribution in [2.24, 2.45) is 5.92 Å². The predicted octanol–water partition coefficient (Wildman–Crippen LogP) is 2.41. The van der Waals surface area contributed by atoms with Gasteiger partial charge in [0.05, 0.1) is 22.2 Å². The van der Waals surface area contributed by atoms with Gasteiger partial charge in [-0.15, -0.1) is 0 Å². The number of hydrogen-bond acceptors (Lipinski definition) is 7. The van der Waals surface area contributed by atoms with E-state index in [2.05, 4.69) is 5.32 Å². The maximum absolute atomic E-state index is 12.6. The van der Waals surface area contributed by atoms with Gasteiger partial charge in [0.25, 0.3) is 11.6 Å². The number of carbonyl (C=O) groups is 2. The Morgan fingerprint density at radius 1 is 1.39 bits per heavy atom. The fourth-order valence-electron chi connectivity index (χ4n) is 2.87. The minimum Gasteiger partial charge on any atom is -0.452 e. The normalized spacial score (nSPS) is 15.6. The van der Waals surface area contributed by atoms with Crippen molar-refractivity contribution in [2.45, 2.75) is 39.2 Å². The van der Waals surface area contributed by atoms with Gasteiger partial charge >= 0.3 is 5.97 Å². The van der Waals surface area contributed by atoms with Gasteiger partial charge in [0.2, 0.25) is 0 Å². The number of rotatable bonds is 7. The summed E-state index contributed by atoms with van der Waals surface area (Å²) in [6.45, 7) is 6.08. The molecular weight excluding hydrogens is 364 g/mol. The Labute approximate surface area is 163 Å². The van der Waals surface area contributed by atoms with Crippen LogP contribution in [0, 0.1) is 27.4 Å². The first-order chi connectivity index (χ1) is 13.2. The zero-order valence-electron chi connectivity index (χ0n) is 16.2. The van der Waals surface area contributed by atoms with E-state index < -0.39 is 28.9 Å². The zero-order valence-corrected chi connectivity index (χ0v) is 16.2. The van der Waals surface area contributed by atoms with E-state index in [0.29, 0.717) is 5.69 Å². The molecule has 1 aromatic carbocycles. The number of nitrogens with zero attached hydrogens (tertiary/aromatic N) is 3. The molecule has 1 N–H and O–H groups in total. The molecule has 1 atom stereocenters. The summed E-state index contributed by atoms with van der Waals surface area (Å²) < 4.78 is 5.09. The molecule has 1 heterocycles. The Balaban J connectivity index is 2.14. The zero-order chi connectivity index (χ0) is 20.9. The van der Waals surface area contributed by atoms with Gasteiger partial charge in [0.1, 0.15) is 5.54 Å². The quantitative estimate of drug-likeness (QED) is 0.432. The van der Waals surface area contributed by atoms with Crippen LogP contribution in [0.5, 0.6) is 0 Å². The molecule has 1 aromatic rings. The molecule has 0 aliphatic carbocycles. The molecule has 1 saturated heterocycles. The Bertz CT molecular complexity index is 811. The lowest BCUT2D eigenvalue weighted by Gasteiger charge is -2.27. The summed E-state index contributed by atoms with van der Waals surface area (Å²) in [6, 6.07) is 6.09. The van der Waals surface area contributed by atoms with E-state index in [0.717, 1.165) is 25.9 Å². The highest BCUT2D eigenvalue weighted by molar-refractivity contribution is 5.98. The summed E-state index contributed by atoms with van der Waals surface area (Å²) in [4.78, 5) is 37.1. The number of ether oxygens (including phenoxy) is 1. The van der Waals surface area contributed by atoms with Crippen molar-refractivity contribution in [3.63, 3.8) is 0 Å². The van der Waals surface area contributed by atoms with E-state index in [1.807, 2.05) is 11.0 Å². The van der Waals surface area contributed by atoms with Crippen LogP contribution in [-0.4, -0.2) is 42.0 Å². The molecule has 0 radical (unpaired) electrons. The third-order valence-electron chi connectivity index (χ3n) is 4.98. The Kier molecular flexibility index (Phi) is 6.57. The number of nitriles is 1. The second kappa shape index (κ2) is 8.69. The van der Waals surface area contributed by atoms with Gasteiger partial charge in [-0.05, 0) is 31.7 Å². The van der Waals surface area contributed by atoms with Crippen LogP contribution in [0.4, 0.5) is 11.4 Å². The van der Waals surface area contributed by atoms with Gasteiger partial charge in [-0.1, -0.05) is 13.8 Å². The smallest absolute Gasteiger partial charge is 0.341 e. The van der Waals surface area contributed by atoms with Gasteiger partial charge in [-0.25, -0.2) is 4.79 Å². The number of carbonyl (C=O) groups excluding carboxylic acids is 2. The number of non-ortho nitro benzene ring substituents is 1. The number of esters is 1. The van der Waals surface area contributed by atoms with Gasteiger partial charge in [-0.3, -0.25) is 14.9 Å². The number of amides is 1. The second-order valence-electron chi connectivity index (χ2n) is 7.25. The maximum atomic E-state index is 12.6. The Hall–Kier alpha value is -3.15. The van der Waals surface area contributed by atoms with E-state index >= 15 is 0 Å². The highest BCUT2D eigenvalue weighted by atomic mass is 16.6. The van der Waals surface area contributed by atoms with Crippen molar-refractivity contribution in [3.05, 3.63) is 33.9 Å². The minimum absolute atomic E-state index is 0.0517. The van der Waals surface area contributed by atoms with Crippen molar-refractivity contribution >= 4 is 23.3 Å². The monoisotopic (exact) mass is 388 g/mol. The van der Waals surface area contributed by atoms with E-state index in [9.17, 15) is 25.0 Å². The van der Waals surface area contributed by atoms with Gasteiger partial charge < -0.3 is 15.0 Å². The summed E-state index contributed by atoms with van der Waals surface area (Å²) in [5.74, 6) is -1.57. The largest absolute Gasteiger partial charge is 0.452 e. The van der Waals surface area contributed by atoms with Gasteiger partial charge in [-0.2, -0.15) is 5.26 Å². The topological polar surface area (TPSA) is 126 Å². The fourth-order valence-corrected chi connectivity index (χ4v) is 2.87. The molecule has 28 heavy (non-hydrogen) atoms. The molecule has 1 aliphatic rings. The Morgan fingerprint density at radius 3 is 2.57 bits per heavy atom. The van der Waals surface area contributed by atoms with E-state index in [-0.39, 0.29) is 17.2 Å². The molecule has 0 unspecified atom stereocenters. The molecule has 0 spiro atoms. The summed E-state index contributed by atoms with van der Waals surface area (Å²) >= 11 is 0. The number of anilines is 1. The number of nitro benzene ring substituents is 1. The first-order valence-electron chi connectivity index (χ1n) is 9.10. The molecule has 0 bridgehead atoms. The van der Waals surface area contributed by atoms with E-state index in [1.165, 1.54) is 18.2 Å². The van der Waals surface area contributed by atoms with Crippen molar-refractivity contribution in [2.75, 3.05) is 24.6 Å². The molecule has 2 rings (SSSR count). The molecule has 0 aromatic heterocycles. The first kappa shape index (κ1) is 21.2. The summed E-state index contributed by atoms with van der Waals surface area (Å²) in [5, 5.41) is 22.9. The average molecular weight is 388 g/mol. The molecule has 150 valence electrons. The summed E-state index contributed by atoms with van der Waals surface area (Å²) in [6.07, 6.45) is 1.94. The van der Waals surface area contributed by atoms with Crippen LogP contribution in [0.3, 0.4) is 0 Å². The summed E-state index contributed by atoms with van der Waals surface area (Å²) in [5.41, 5.74) is -0.708. The van der Waals surface area contributed by atoms with Crippen LogP contribution in [0.15, 0.2) is 18.2 Å². The van der Waals surface area contributed by atoms with Crippen LogP contribution < -0.4 is 10.2 Å². The molecule has 1 amide bonds.